The molecule has 0 bridgehead atoms. The molecule has 0 unspecified atom stereocenters. The van der Waals surface area contributed by atoms with Gasteiger partial charge in [-0.1, -0.05) is 6.07 Å². The lowest BCUT2D eigenvalue weighted by Crippen LogP contribution is -2.32. The van der Waals surface area contributed by atoms with Crippen molar-refractivity contribution in [2.45, 2.75) is 45.3 Å². The molecule has 4 rings (SSSR count). The molecule has 1 aliphatic rings. The number of nitrogens with zero attached hydrogens (tertiary/aromatic N) is 3. The molecule has 0 amide bonds. The van der Waals surface area contributed by atoms with Gasteiger partial charge in [0.1, 0.15) is 0 Å². The van der Waals surface area contributed by atoms with Gasteiger partial charge in [0.2, 0.25) is 0 Å². The second kappa shape index (κ2) is 8.19. The van der Waals surface area contributed by atoms with Gasteiger partial charge >= 0.3 is 0 Å². The molecule has 2 aromatic heterocycles. The second-order valence-electron chi connectivity index (χ2n) is 7.71. The lowest BCUT2D eigenvalue weighted by Gasteiger charge is -2.31. The Morgan fingerprint density at radius 1 is 1.18 bits per heavy atom. The number of pyridine rings is 1. The van der Waals surface area contributed by atoms with Crippen molar-refractivity contribution in [3.05, 3.63) is 47.8 Å². The van der Waals surface area contributed by atoms with Gasteiger partial charge in [0.05, 0.1) is 13.2 Å². The number of ether oxygens (including phenoxy) is 2. The van der Waals surface area contributed by atoms with Gasteiger partial charge in [0.25, 0.3) is 0 Å². The molecule has 1 fully saturated rings. The topological polar surface area (TPSA) is 63.3 Å². The molecule has 1 saturated heterocycles. The molecule has 0 aliphatic carbocycles. The van der Waals surface area contributed by atoms with E-state index >= 15 is 0 Å². The number of rotatable bonds is 6. The van der Waals surface area contributed by atoms with E-state index < -0.39 is 0 Å². The largest absolute Gasteiger partial charge is 0.493 e. The molecule has 1 aliphatic heterocycles. The van der Waals surface area contributed by atoms with Crippen molar-refractivity contribution < 1.29 is 9.47 Å². The standard InChI is InChI=1S/C22H28N4O2/c1-15(2)28-20-13-16(6-7-19(20)27-3)14-26-11-8-17(9-12-26)21-18-5-4-10-23-22(18)25-24-21/h4-7,10,13,15,17H,8-9,11-12,14H2,1-3H3,(H,23,24,25). The predicted molar refractivity (Wildman–Crippen MR) is 110 cm³/mol. The van der Waals surface area contributed by atoms with Crippen molar-refractivity contribution in [3.8, 4) is 11.5 Å². The molecule has 1 aromatic carbocycles. The molecule has 148 valence electrons. The fourth-order valence-electron chi connectivity index (χ4n) is 3.98. The lowest BCUT2D eigenvalue weighted by atomic mass is 9.92. The average molecular weight is 380 g/mol. The van der Waals surface area contributed by atoms with Gasteiger partial charge in [-0.2, -0.15) is 5.10 Å². The van der Waals surface area contributed by atoms with Crippen LogP contribution >= 0.6 is 0 Å². The number of H-pyrrole nitrogens is 1. The smallest absolute Gasteiger partial charge is 0.181 e. The van der Waals surface area contributed by atoms with Crippen molar-refractivity contribution in [2.75, 3.05) is 20.2 Å². The zero-order valence-corrected chi connectivity index (χ0v) is 16.8. The van der Waals surface area contributed by atoms with Crippen LogP contribution in [0, 0.1) is 0 Å². The van der Waals surface area contributed by atoms with Crippen molar-refractivity contribution in [3.63, 3.8) is 0 Å². The molecular weight excluding hydrogens is 352 g/mol. The molecule has 3 heterocycles. The first-order valence-corrected chi connectivity index (χ1v) is 9.99. The highest BCUT2D eigenvalue weighted by molar-refractivity contribution is 5.77. The third kappa shape index (κ3) is 3.97. The molecule has 0 spiro atoms. The third-order valence-corrected chi connectivity index (χ3v) is 5.35. The predicted octanol–water partition coefficient (Wildman–Crippen LogP) is 4.13. The summed E-state index contributed by atoms with van der Waals surface area (Å²) in [6.45, 7) is 7.13. The van der Waals surface area contributed by atoms with Crippen LogP contribution < -0.4 is 9.47 Å². The van der Waals surface area contributed by atoms with Gasteiger partial charge in [0, 0.05) is 29.7 Å². The fourth-order valence-corrected chi connectivity index (χ4v) is 3.98. The first-order valence-electron chi connectivity index (χ1n) is 9.99. The zero-order chi connectivity index (χ0) is 19.5. The van der Waals surface area contributed by atoms with E-state index in [0.29, 0.717) is 5.92 Å². The van der Waals surface area contributed by atoms with Crippen LogP contribution in [0.15, 0.2) is 36.5 Å². The van der Waals surface area contributed by atoms with Crippen LogP contribution in [0.25, 0.3) is 11.0 Å². The summed E-state index contributed by atoms with van der Waals surface area (Å²) in [5.74, 6) is 2.12. The van der Waals surface area contributed by atoms with E-state index in [1.165, 1.54) is 11.3 Å². The van der Waals surface area contributed by atoms with Crippen LogP contribution in [0.1, 0.15) is 43.9 Å². The second-order valence-corrected chi connectivity index (χ2v) is 7.71. The number of methoxy groups -OCH3 is 1. The Bertz CT molecular complexity index is 929. The van der Waals surface area contributed by atoms with Gasteiger partial charge in [-0.3, -0.25) is 10.00 Å². The van der Waals surface area contributed by atoms with Crippen molar-refractivity contribution in [2.24, 2.45) is 0 Å². The molecule has 0 atom stereocenters. The SMILES string of the molecule is COc1ccc(CN2CCC(c3[nH]nc4ncccc34)CC2)cc1OC(C)C. The first-order chi connectivity index (χ1) is 13.6. The maximum atomic E-state index is 5.91. The summed E-state index contributed by atoms with van der Waals surface area (Å²) in [6.07, 6.45) is 4.16. The molecule has 28 heavy (non-hydrogen) atoms. The highest BCUT2D eigenvalue weighted by atomic mass is 16.5. The van der Waals surface area contributed by atoms with Crippen LogP contribution in [0.4, 0.5) is 0 Å². The molecule has 0 radical (unpaired) electrons. The highest BCUT2D eigenvalue weighted by Gasteiger charge is 2.24. The first kappa shape index (κ1) is 18.7. The average Bonchev–Trinajstić information content (AvgIpc) is 3.13. The Balaban J connectivity index is 1.40. The quantitative estimate of drug-likeness (QED) is 0.696. The summed E-state index contributed by atoms with van der Waals surface area (Å²) in [7, 11) is 1.68. The number of aromatic nitrogens is 3. The van der Waals surface area contributed by atoms with E-state index in [9.17, 15) is 0 Å². The monoisotopic (exact) mass is 380 g/mol. The number of likely N-dealkylation sites (tertiary alicyclic amines) is 1. The number of nitrogens with one attached hydrogen (secondary N) is 1. The number of hydrogen-bond donors (Lipinski definition) is 1. The third-order valence-electron chi connectivity index (χ3n) is 5.35. The van der Waals surface area contributed by atoms with E-state index in [0.717, 1.165) is 55.0 Å². The van der Waals surface area contributed by atoms with Crippen molar-refractivity contribution in [1.82, 2.24) is 20.1 Å². The summed E-state index contributed by atoms with van der Waals surface area (Å²) in [4.78, 5) is 6.84. The van der Waals surface area contributed by atoms with Gasteiger partial charge in [0.15, 0.2) is 17.1 Å². The number of benzene rings is 1. The minimum absolute atomic E-state index is 0.124. The molecule has 1 N–H and O–H groups in total. The Kier molecular flexibility index (Phi) is 5.48. The van der Waals surface area contributed by atoms with Gasteiger partial charge in [-0.05, 0) is 69.6 Å². The van der Waals surface area contributed by atoms with Crippen LogP contribution in [0.2, 0.25) is 0 Å². The van der Waals surface area contributed by atoms with E-state index in [-0.39, 0.29) is 6.10 Å². The Morgan fingerprint density at radius 3 is 2.75 bits per heavy atom. The summed E-state index contributed by atoms with van der Waals surface area (Å²) in [5.41, 5.74) is 3.31. The van der Waals surface area contributed by atoms with Crippen LogP contribution in [-0.2, 0) is 6.54 Å². The number of fused-ring (bicyclic) bond motifs is 1. The molecule has 6 heteroatoms. The van der Waals surface area contributed by atoms with Crippen LogP contribution in [0.3, 0.4) is 0 Å². The fraction of sp³-hybridized carbons (Fsp3) is 0.455. The molecule has 0 saturated carbocycles. The zero-order valence-electron chi connectivity index (χ0n) is 16.8. The maximum absolute atomic E-state index is 5.91. The lowest BCUT2D eigenvalue weighted by molar-refractivity contribution is 0.202. The number of aromatic amines is 1. The highest BCUT2D eigenvalue weighted by Crippen LogP contribution is 2.33. The van der Waals surface area contributed by atoms with Crippen LogP contribution in [0.5, 0.6) is 11.5 Å². The maximum Gasteiger partial charge on any atom is 0.181 e. The minimum Gasteiger partial charge on any atom is -0.493 e. The minimum atomic E-state index is 0.124. The van der Waals surface area contributed by atoms with E-state index in [1.807, 2.05) is 26.0 Å². The van der Waals surface area contributed by atoms with E-state index in [2.05, 4.69) is 38.3 Å². The Morgan fingerprint density at radius 2 is 2.00 bits per heavy atom. The van der Waals surface area contributed by atoms with Gasteiger partial charge < -0.3 is 9.47 Å². The number of piperidine rings is 1. The van der Waals surface area contributed by atoms with Crippen LogP contribution in [-0.4, -0.2) is 46.4 Å². The molecule has 3 aromatic rings. The summed E-state index contributed by atoms with van der Waals surface area (Å²) in [6, 6.07) is 10.3. The van der Waals surface area contributed by atoms with E-state index in [4.69, 9.17) is 9.47 Å². The van der Waals surface area contributed by atoms with Gasteiger partial charge in [-0.25, -0.2) is 4.98 Å². The summed E-state index contributed by atoms with van der Waals surface area (Å²) >= 11 is 0. The van der Waals surface area contributed by atoms with E-state index in [1.54, 1.807) is 13.3 Å². The molecular formula is C22H28N4O2. The van der Waals surface area contributed by atoms with Crippen molar-refractivity contribution in [1.29, 1.82) is 0 Å². The Hall–Kier alpha value is -2.60. The summed E-state index contributed by atoms with van der Waals surface area (Å²) < 4.78 is 11.3. The molecule has 6 nitrogen and oxygen atoms in total. The van der Waals surface area contributed by atoms with Crippen molar-refractivity contribution >= 4 is 11.0 Å². The number of hydrogen-bond acceptors (Lipinski definition) is 5. The normalized spacial score (nSPS) is 16.0. The van der Waals surface area contributed by atoms with Gasteiger partial charge in [-0.15, -0.1) is 0 Å². The Labute approximate surface area is 165 Å². The summed E-state index contributed by atoms with van der Waals surface area (Å²) in [5, 5.41) is 8.74.